The van der Waals surface area contributed by atoms with Gasteiger partial charge in [0.05, 0.1) is 5.92 Å². The highest BCUT2D eigenvalue weighted by Gasteiger charge is 2.52. The summed E-state index contributed by atoms with van der Waals surface area (Å²) in [4.78, 5) is 22.2. The summed E-state index contributed by atoms with van der Waals surface area (Å²) in [6.45, 7) is 6.23. The lowest BCUT2D eigenvalue weighted by Gasteiger charge is -2.40. The van der Waals surface area contributed by atoms with Gasteiger partial charge < -0.3 is 14.3 Å². The van der Waals surface area contributed by atoms with E-state index in [1.165, 1.54) is 0 Å². The van der Waals surface area contributed by atoms with E-state index in [-0.39, 0.29) is 17.2 Å². The molecular formula is C20H28N6O2. The second-order valence-electron chi connectivity index (χ2n) is 8.73. The van der Waals surface area contributed by atoms with Crippen molar-refractivity contribution in [2.45, 2.75) is 51.0 Å². The number of likely N-dealkylation sites (tertiary alicyclic amines) is 2. The Kier molecular flexibility index (Phi) is 4.26. The summed E-state index contributed by atoms with van der Waals surface area (Å²) in [5, 5.41) is 8.66. The minimum atomic E-state index is 0.00920. The number of hydrogen-bond donors (Lipinski definition) is 0. The molecule has 8 nitrogen and oxygen atoms in total. The maximum Gasteiger partial charge on any atom is 0.274 e. The van der Waals surface area contributed by atoms with Crippen molar-refractivity contribution in [2.75, 3.05) is 33.2 Å². The molecule has 3 aliphatic rings. The molecule has 1 atom stereocenters. The van der Waals surface area contributed by atoms with Crippen molar-refractivity contribution in [3.63, 3.8) is 0 Å². The fourth-order valence-corrected chi connectivity index (χ4v) is 4.74. The third-order valence-electron chi connectivity index (χ3n) is 6.80. The van der Waals surface area contributed by atoms with E-state index in [0.29, 0.717) is 18.2 Å². The first kappa shape index (κ1) is 17.8. The summed E-state index contributed by atoms with van der Waals surface area (Å²) in [6, 6.07) is 1.82. The van der Waals surface area contributed by atoms with Crippen LogP contribution in [0.15, 0.2) is 16.8 Å². The largest absolute Gasteiger partial charge is 0.339 e. The molecule has 28 heavy (non-hydrogen) atoms. The first-order chi connectivity index (χ1) is 13.6. The van der Waals surface area contributed by atoms with E-state index in [1.807, 2.05) is 24.1 Å². The maximum absolute atomic E-state index is 13.1. The number of nitrogens with zero attached hydrogens (tertiary/aromatic N) is 6. The van der Waals surface area contributed by atoms with E-state index in [1.54, 1.807) is 4.68 Å². The number of carbonyl (C=O) groups excluding carboxylic acids is 1. The zero-order valence-corrected chi connectivity index (χ0v) is 16.7. The predicted octanol–water partition coefficient (Wildman–Crippen LogP) is 2.12. The lowest BCUT2D eigenvalue weighted by Crippen LogP contribution is -2.42. The molecule has 1 amide bonds. The molecule has 1 saturated carbocycles. The number of aryl methyl sites for hydroxylation is 1. The minimum Gasteiger partial charge on any atom is -0.339 e. The van der Waals surface area contributed by atoms with E-state index >= 15 is 0 Å². The molecule has 0 radical (unpaired) electrons. The van der Waals surface area contributed by atoms with E-state index in [0.717, 1.165) is 63.6 Å². The molecule has 8 heteroatoms. The quantitative estimate of drug-likeness (QED) is 0.803. The first-order valence-electron chi connectivity index (χ1n) is 10.4. The first-order valence-corrected chi connectivity index (χ1v) is 10.4. The van der Waals surface area contributed by atoms with E-state index in [9.17, 15) is 4.79 Å². The van der Waals surface area contributed by atoms with Gasteiger partial charge in [-0.3, -0.25) is 9.48 Å². The summed E-state index contributed by atoms with van der Waals surface area (Å²) in [6.07, 6.45) is 6.27. The Labute approximate surface area is 164 Å². The average Bonchev–Trinajstić information content (AvgIpc) is 3.13. The molecule has 0 aromatic carbocycles. The van der Waals surface area contributed by atoms with Crippen molar-refractivity contribution in [3.8, 4) is 0 Å². The Hall–Kier alpha value is -2.22. The van der Waals surface area contributed by atoms with Crippen LogP contribution >= 0.6 is 0 Å². The van der Waals surface area contributed by atoms with Gasteiger partial charge in [0.15, 0.2) is 5.82 Å². The standard InChI is InChI=1S/C20H28N6O2/c1-3-26-9-6-16(22-26)19(27)25-12-15(18-21-17(23-28-18)14-4-5-14)20(13-25)7-10-24(2)11-8-20/h6,9,14-15H,3-5,7-8,10-13H2,1-2H3/t15-/m0/s1. The van der Waals surface area contributed by atoms with E-state index in [4.69, 9.17) is 9.51 Å². The highest BCUT2D eigenvalue weighted by molar-refractivity contribution is 5.92. The molecule has 0 bridgehead atoms. The molecule has 2 aromatic heterocycles. The van der Waals surface area contributed by atoms with Crippen molar-refractivity contribution in [1.82, 2.24) is 29.7 Å². The van der Waals surface area contributed by atoms with Gasteiger partial charge in [-0.2, -0.15) is 10.1 Å². The molecular weight excluding hydrogens is 356 g/mol. The van der Waals surface area contributed by atoms with Crippen LogP contribution < -0.4 is 0 Å². The van der Waals surface area contributed by atoms with Gasteiger partial charge in [-0.1, -0.05) is 5.16 Å². The maximum atomic E-state index is 13.1. The smallest absolute Gasteiger partial charge is 0.274 e. The lowest BCUT2D eigenvalue weighted by molar-refractivity contribution is 0.0720. The number of aromatic nitrogens is 4. The van der Waals surface area contributed by atoms with Crippen molar-refractivity contribution in [1.29, 1.82) is 0 Å². The molecule has 2 saturated heterocycles. The molecule has 150 valence electrons. The van der Waals surface area contributed by atoms with Crippen LogP contribution in [-0.4, -0.2) is 68.9 Å². The predicted molar refractivity (Wildman–Crippen MR) is 102 cm³/mol. The Bertz CT molecular complexity index is 862. The zero-order valence-electron chi connectivity index (χ0n) is 16.7. The number of carbonyl (C=O) groups is 1. The fourth-order valence-electron chi connectivity index (χ4n) is 4.74. The monoisotopic (exact) mass is 384 g/mol. The molecule has 0 unspecified atom stereocenters. The number of amides is 1. The Morgan fingerprint density at radius 3 is 2.79 bits per heavy atom. The molecule has 3 fully saturated rings. The Balaban J connectivity index is 1.42. The van der Waals surface area contributed by atoms with Gasteiger partial charge in [-0.15, -0.1) is 0 Å². The second-order valence-corrected chi connectivity index (χ2v) is 8.73. The van der Waals surface area contributed by atoms with Crippen LogP contribution in [0.1, 0.15) is 66.6 Å². The topological polar surface area (TPSA) is 80.3 Å². The molecule has 1 aliphatic carbocycles. The van der Waals surface area contributed by atoms with Crippen LogP contribution in [0.2, 0.25) is 0 Å². The normalized spacial score (nSPS) is 24.9. The Morgan fingerprint density at radius 2 is 2.11 bits per heavy atom. The molecule has 4 heterocycles. The van der Waals surface area contributed by atoms with Gasteiger partial charge in [0, 0.05) is 37.2 Å². The van der Waals surface area contributed by atoms with Crippen LogP contribution in [0.4, 0.5) is 0 Å². The summed E-state index contributed by atoms with van der Waals surface area (Å²) in [7, 11) is 2.16. The van der Waals surface area contributed by atoms with Crippen molar-refractivity contribution in [2.24, 2.45) is 5.41 Å². The van der Waals surface area contributed by atoms with Crippen LogP contribution in [-0.2, 0) is 6.54 Å². The third kappa shape index (κ3) is 3.03. The Morgan fingerprint density at radius 1 is 1.32 bits per heavy atom. The number of piperidine rings is 1. The zero-order chi connectivity index (χ0) is 19.3. The summed E-state index contributed by atoms with van der Waals surface area (Å²) in [5.74, 6) is 2.17. The van der Waals surface area contributed by atoms with Crippen molar-refractivity contribution in [3.05, 3.63) is 29.7 Å². The third-order valence-corrected chi connectivity index (χ3v) is 6.80. The summed E-state index contributed by atoms with van der Waals surface area (Å²) in [5.41, 5.74) is 0.540. The number of hydrogen-bond acceptors (Lipinski definition) is 6. The van der Waals surface area contributed by atoms with E-state index < -0.39 is 0 Å². The van der Waals surface area contributed by atoms with Gasteiger partial charge in [-0.25, -0.2) is 0 Å². The van der Waals surface area contributed by atoms with Crippen LogP contribution in [0.25, 0.3) is 0 Å². The highest BCUT2D eigenvalue weighted by Crippen LogP contribution is 2.50. The second kappa shape index (κ2) is 6.69. The van der Waals surface area contributed by atoms with Crippen molar-refractivity contribution >= 4 is 5.91 Å². The molecule has 0 N–H and O–H groups in total. The molecule has 1 spiro atoms. The van der Waals surface area contributed by atoms with E-state index in [2.05, 4.69) is 22.2 Å². The molecule has 5 rings (SSSR count). The van der Waals surface area contributed by atoms with Crippen LogP contribution in [0.5, 0.6) is 0 Å². The van der Waals surface area contributed by atoms with Gasteiger partial charge in [-0.05, 0) is 58.8 Å². The van der Waals surface area contributed by atoms with Gasteiger partial charge in [0.25, 0.3) is 5.91 Å². The van der Waals surface area contributed by atoms with Crippen LogP contribution in [0.3, 0.4) is 0 Å². The van der Waals surface area contributed by atoms with Gasteiger partial charge in [0.2, 0.25) is 5.89 Å². The number of rotatable bonds is 4. The van der Waals surface area contributed by atoms with Gasteiger partial charge >= 0.3 is 0 Å². The molecule has 2 aromatic rings. The lowest BCUT2D eigenvalue weighted by atomic mass is 9.71. The van der Waals surface area contributed by atoms with Gasteiger partial charge in [0.1, 0.15) is 5.69 Å². The minimum absolute atomic E-state index is 0.00920. The average molecular weight is 384 g/mol. The van der Waals surface area contributed by atoms with Crippen LogP contribution in [0, 0.1) is 5.41 Å². The summed E-state index contributed by atoms with van der Waals surface area (Å²) >= 11 is 0. The SMILES string of the molecule is CCn1ccc(C(=O)N2C[C@@H](c3nc(C4CC4)no3)C3(CCN(C)CC3)C2)n1. The summed E-state index contributed by atoms with van der Waals surface area (Å²) < 4.78 is 7.52. The molecule has 2 aliphatic heterocycles. The highest BCUT2D eigenvalue weighted by atomic mass is 16.5. The van der Waals surface area contributed by atoms with Crippen molar-refractivity contribution < 1.29 is 9.32 Å². The fraction of sp³-hybridized carbons (Fsp3) is 0.700.